The molecule has 6 heterocycles. The van der Waals surface area contributed by atoms with Gasteiger partial charge in [-0.1, -0.05) is 7.43 Å². The molecule has 6 atom stereocenters. The fraction of sp³-hybridized carbons (Fsp3) is 0.455. The van der Waals surface area contributed by atoms with Crippen LogP contribution in [0.2, 0.25) is 0 Å². The first kappa shape index (κ1) is 55.8. The van der Waals surface area contributed by atoms with Gasteiger partial charge in [0.25, 0.3) is 11.8 Å². The van der Waals surface area contributed by atoms with Gasteiger partial charge in [0.1, 0.15) is 34.9 Å². The minimum absolute atomic E-state index is 0. The van der Waals surface area contributed by atoms with E-state index in [1.54, 1.807) is 39.5 Å². The summed E-state index contributed by atoms with van der Waals surface area (Å²) >= 11 is 0. The molecule has 0 fully saturated rings. The van der Waals surface area contributed by atoms with Gasteiger partial charge in [-0.05, 0) is 129 Å². The molecule has 0 bridgehead atoms. The highest BCUT2D eigenvalue weighted by atomic mass is 19.1. The van der Waals surface area contributed by atoms with Crippen LogP contribution in [0.4, 0.5) is 47.7 Å². The van der Waals surface area contributed by atoms with Gasteiger partial charge in [-0.2, -0.15) is 14.9 Å². The number of hydrogen-bond acceptors (Lipinski definition) is 15. The predicted octanol–water partition coefficient (Wildman–Crippen LogP) is 7.64. The van der Waals surface area contributed by atoms with Crippen molar-refractivity contribution in [3.05, 3.63) is 123 Å². The van der Waals surface area contributed by atoms with Crippen LogP contribution in [-0.2, 0) is 57.5 Å². The largest absolute Gasteiger partial charge is 0.481 e. The number of hydrogen-bond donors (Lipinski definition) is 8. The topological polar surface area (TPSA) is 278 Å². The number of anilines is 6. The van der Waals surface area contributed by atoms with Crippen LogP contribution in [0.1, 0.15) is 124 Å². The van der Waals surface area contributed by atoms with Gasteiger partial charge >= 0.3 is 5.97 Å². The number of rotatable bonds is 6. The zero-order valence-corrected chi connectivity index (χ0v) is 42.8. The van der Waals surface area contributed by atoms with E-state index < -0.39 is 29.5 Å². The van der Waals surface area contributed by atoms with Gasteiger partial charge in [-0.25, -0.2) is 17.9 Å². The molecule has 3 aliphatic heterocycles. The molecule has 0 amide bonds. The summed E-state index contributed by atoms with van der Waals surface area (Å²) in [6.45, 7) is 1.94. The van der Waals surface area contributed by atoms with Crippen LogP contribution in [-0.4, -0.2) is 112 Å². The number of aliphatic carboxylic acids is 1. The number of halogens is 3. The van der Waals surface area contributed by atoms with Crippen LogP contribution >= 0.6 is 0 Å². The van der Waals surface area contributed by atoms with E-state index in [2.05, 4.69) is 36.3 Å². The number of H-pyrrole nitrogens is 1. The molecule has 3 aliphatic carbocycles. The number of carbonyl (C=O) groups excluding carboxylic acids is 2. The first-order chi connectivity index (χ1) is 36.6. The van der Waals surface area contributed by atoms with Crippen molar-refractivity contribution >= 4 is 52.3 Å². The van der Waals surface area contributed by atoms with Crippen molar-refractivity contribution in [2.24, 2.45) is 0 Å². The Morgan fingerprint density at radius 1 is 0.584 bits per heavy atom. The number of aromatic amines is 1. The lowest BCUT2D eigenvalue weighted by molar-refractivity contribution is -0.139. The fourth-order valence-electron chi connectivity index (χ4n) is 11.1. The average molecular weight is 1070 g/mol. The summed E-state index contributed by atoms with van der Waals surface area (Å²) < 4.78 is 59.2. The average Bonchev–Trinajstić information content (AvgIpc) is 4.15. The molecule has 0 saturated heterocycles. The molecule has 0 saturated carbocycles. The summed E-state index contributed by atoms with van der Waals surface area (Å²) in [5.41, 5.74) is 28.1. The molecule has 19 nitrogen and oxygen atoms in total. The first-order valence-corrected chi connectivity index (χ1v) is 25.7. The van der Waals surface area contributed by atoms with Gasteiger partial charge in [-0.15, -0.1) is 5.10 Å². The van der Waals surface area contributed by atoms with Crippen LogP contribution in [0.15, 0.2) is 54.6 Å². The highest BCUT2D eigenvalue weighted by molar-refractivity contribution is 5.91. The second kappa shape index (κ2) is 24.3. The van der Waals surface area contributed by atoms with Gasteiger partial charge in [0.2, 0.25) is 0 Å². The summed E-state index contributed by atoms with van der Waals surface area (Å²) in [5.74, 6) is -2.36. The summed E-state index contributed by atoms with van der Waals surface area (Å²) in [5, 5.41) is 34.1. The number of nitrogens with two attached hydrogens (primary N) is 3. The maximum absolute atomic E-state index is 13.7. The zero-order chi connectivity index (χ0) is 53.8. The molecule has 22 heteroatoms. The SMILES string of the molecule is C.CO[C@@H]1CCc2[nH]nc(N)c2C1.CO[C@@H]1CCc2c(c(N)nn2C(=O)C2CCNc3ccc(F)cc32)C1.CO[C@@H]1CCc2nn(C(=O)C3CCNc4ccc(F)cc43)c(N)c2C1.O=C(O)C1CCNc2ccc(F)cc21. The Bertz CT molecular complexity index is 3100. The van der Waals surface area contributed by atoms with Crippen molar-refractivity contribution in [1.29, 1.82) is 0 Å². The van der Waals surface area contributed by atoms with E-state index >= 15 is 0 Å². The quantitative estimate of drug-likeness (QED) is 0.0796. The van der Waals surface area contributed by atoms with Crippen LogP contribution in [0.25, 0.3) is 0 Å². The van der Waals surface area contributed by atoms with Crippen molar-refractivity contribution in [1.82, 2.24) is 29.8 Å². The summed E-state index contributed by atoms with van der Waals surface area (Å²) in [6, 6.07) is 13.2. The standard InChI is InChI=1S/2C18H21FN4O2.C10H10FNO2.C8H13N3O.CH4/c1-25-11-3-5-16-14(9-11)17(20)22-23(16)18(24)12-6-7-21-15-4-2-10(19)8-13(12)15;1-25-11-3-5-16-14(9-11)17(20)23(22-16)18(24)12-6-7-21-15-4-2-10(19)8-13(12)15;11-6-1-2-9-8(5-6)7(10(13)14)3-4-12-9;1-12-5-2-3-7-6(4-5)8(9)11-10-7;/h2,4,8,11-12,21H,3,5-7,9H2,1H3,(H2,20,22);2,4,8,11-12,21H,3,5-7,9,20H2,1H3;1-2,5,7,12H,3-4H2,(H,13,14);5H,2-4H2,1H3,(H3,9,10,11);1H4/t2*11-,12?;;5-;/m11.1./s1. The van der Waals surface area contributed by atoms with Crippen molar-refractivity contribution in [3.63, 3.8) is 0 Å². The third-order valence-electron chi connectivity index (χ3n) is 15.4. The minimum atomic E-state index is -0.890. The lowest BCUT2D eigenvalue weighted by Gasteiger charge is -2.27. The molecule has 77 heavy (non-hydrogen) atoms. The highest BCUT2D eigenvalue weighted by Crippen LogP contribution is 2.38. The van der Waals surface area contributed by atoms with Crippen molar-refractivity contribution in [3.8, 4) is 0 Å². The van der Waals surface area contributed by atoms with Crippen LogP contribution in [0.5, 0.6) is 0 Å². The number of benzene rings is 3. The number of carboxylic acids is 1. The smallest absolute Gasteiger partial charge is 0.311 e. The Kier molecular flexibility index (Phi) is 17.6. The predicted molar refractivity (Wildman–Crippen MR) is 287 cm³/mol. The normalized spacial score (nSPS) is 21.3. The third-order valence-corrected chi connectivity index (χ3v) is 15.4. The number of aromatic nitrogens is 6. The van der Waals surface area contributed by atoms with E-state index in [9.17, 15) is 27.6 Å². The van der Waals surface area contributed by atoms with Gasteiger partial charge in [0.15, 0.2) is 0 Å². The van der Waals surface area contributed by atoms with E-state index in [0.29, 0.717) is 98.4 Å². The molecule has 6 aliphatic rings. The molecule has 11 N–H and O–H groups in total. The van der Waals surface area contributed by atoms with Crippen LogP contribution in [0, 0.1) is 17.5 Å². The van der Waals surface area contributed by atoms with E-state index in [1.807, 2.05) is 0 Å². The second-order valence-corrected chi connectivity index (χ2v) is 19.8. The Morgan fingerprint density at radius 3 is 1.56 bits per heavy atom. The van der Waals surface area contributed by atoms with Crippen LogP contribution < -0.4 is 33.2 Å². The monoisotopic (exact) mass is 1070 g/mol. The van der Waals surface area contributed by atoms with E-state index in [1.165, 1.54) is 51.5 Å². The molecule has 3 aromatic carbocycles. The highest BCUT2D eigenvalue weighted by Gasteiger charge is 2.35. The molecule has 3 unspecified atom stereocenters. The Morgan fingerprint density at radius 2 is 1.04 bits per heavy atom. The molecular formula is C55H69F3N12O7. The molecule has 3 aromatic heterocycles. The number of methoxy groups -OCH3 is 3. The van der Waals surface area contributed by atoms with Gasteiger partial charge in [0, 0.05) is 99.7 Å². The number of ether oxygens (including phenoxy) is 3. The van der Waals surface area contributed by atoms with Gasteiger partial charge in [-0.3, -0.25) is 19.5 Å². The lowest BCUT2D eigenvalue weighted by atomic mass is 9.89. The summed E-state index contributed by atoms with van der Waals surface area (Å²) in [7, 11) is 5.11. The summed E-state index contributed by atoms with van der Waals surface area (Å²) in [4.78, 5) is 37.2. The van der Waals surface area contributed by atoms with Crippen molar-refractivity contribution in [2.45, 2.75) is 121 Å². The molecule has 0 radical (unpaired) electrons. The number of nitrogens with one attached hydrogen (secondary N) is 4. The number of fused-ring (bicyclic) bond motifs is 6. The minimum Gasteiger partial charge on any atom is -0.481 e. The number of nitrogen functional groups attached to an aromatic ring is 3. The summed E-state index contributed by atoms with van der Waals surface area (Å²) in [6.07, 6.45) is 9.67. The lowest BCUT2D eigenvalue weighted by Crippen LogP contribution is -2.30. The van der Waals surface area contributed by atoms with E-state index in [-0.39, 0.29) is 43.1 Å². The number of carboxylic acid groups (broad SMARTS) is 1. The second-order valence-electron chi connectivity index (χ2n) is 19.8. The molecule has 0 spiro atoms. The van der Waals surface area contributed by atoms with Crippen molar-refractivity contribution < 1.29 is 46.9 Å². The maximum atomic E-state index is 13.7. The molecule has 12 rings (SSSR count). The zero-order valence-electron chi connectivity index (χ0n) is 42.8. The van der Waals surface area contributed by atoms with Gasteiger partial charge < -0.3 is 52.5 Å². The number of nitrogens with zero attached hydrogens (tertiary/aromatic N) is 5. The van der Waals surface area contributed by atoms with E-state index in [4.69, 9.17) is 36.5 Å². The number of carbonyl (C=O) groups is 3. The van der Waals surface area contributed by atoms with Crippen LogP contribution in [0.3, 0.4) is 0 Å². The Labute approximate surface area is 444 Å². The van der Waals surface area contributed by atoms with Crippen molar-refractivity contribution in [2.75, 3.05) is 74.1 Å². The molecule has 412 valence electrons. The molecule has 6 aromatic rings. The molecular weight excluding hydrogens is 998 g/mol. The first-order valence-electron chi connectivity index (χ1n) is 25.7. The number of aryl methyl sites for hydroxylation is 2. The Hall–Kier alpha value is -7.43. The van der Waals surface area contributed by atoms with E-state index in [0.717, 1.165) is 83.7 Å². The van der Waals surface area contributed by atoms with Gasteiger partial charge in [0.05, 0.1) is 47.5 Å². The Balaban J connectivity index is 0.000000141. The fourth-order valence-corrected chi connectivity index (χ4v) is 11.1. The third kappa shape index (κ3) is 11.9. The maximum Gasteiger partial charge on any atom is 0.311 e.